The maximum atomic E-state index is 11.7. The summed E-state index contributed by atoms with van der Waals surface area (Å²) >= 11 is 0. The van der Waals surface area contributed by atoms with Gasteiger partial charge in [0.25, 0.3) is 0 Å². The van der Waals surface area contributed by atoms with Crippen LogP contribution in [0.25, 0.3) is 0 Å². The maximum Gasteiger partial charge on any atom is 0.214 e. The Morgan fingerprint density at radius 2 is 2.09 bits per heavy atom. The van der Waals surface area contributed by atoms with Gasteiger partial charge >= 0.3 is 0 Å². The minimum absolute atomic E-state index is 0.268. The van der Waals surface area contributed by atoms with E-state index in [0.29, 0.717) is 52.0 Å². The van der Waals surface area contributed by atoms with E-state index in [1.165, 1.54) is 4.31 Å². The molecule has 0 aliphatic carbocycles. The Bertz CT molecular complexity index is 442. The number of sulfonamides is 1. The lowest BCUT2D eigenvalue weighted by Gasteiger charge is -2.16. The molecule has 0 aromatic rings. The first kappa shape index (κ1) is 20.1. The van der Waals surface area contributed by atoms with Crippen molar-refractivity contribution in [2.45, 2.75) is 19.8 Å². The van der Waals surface area contributed by atoms with Gasteiger partial charge in [0.05, 0.1) is 19.0 Å². The summed E-state index contributed by atoms with van der Waals surface area (Å²) in [6.45, 7) is 6.92. The molecule has 23 heavy (non-hydrogen) atoms. The van der Waals surface area contributed by atoms with Crippen molar-refractivity contribution in [1.29, 1.82) is 0 Å². The van der Waals surface area contributed by atoms with Gasteiger partial charge in [-0.1, -0.05) is 0 Å². The second-order valence-electron chi connectivity index (χ2n) is 5.21. The van der Waals surface area contributed by atoms with Crippen LogP contribution < -0.4 is 10.6 Å². The first-order valence-electron chi connectivity index (χ1n) is 8.17. The van der Waals surface area contributed by atoms with Crippen molar-refractivity contribution in [2.75, 3.05) is 65.4 Å². The Kier molecular flexibility index (Phi) is 10.2. The average Bonchev–Trinajstić information content (AvgIpc) is 2.85. The molecule has 0 aromatic heterocycles. The van der Waals surface area contributed by atoms with E-state index in [9.17, 15) is 8.42 Å². The van der Waals surface area contributed by atoms with Crippen molar-refractivity contribution in [2.24, 2.45) is 4.99 Å². The minimum Gasteiger partial charge on any atom is -0.382 e. The predicted molar refractivity (Wildman–Crippen MR) is 91.3 cm³/mol. The Morgan fingerprint density at radius 1 is 1.26 bits per heavy atom. The van der Waals surface area contributed by atoms with Crippen LogP contribution in [0.5, 0.6) is 0 Å². The third-order valence-corrected chi connectivity index (χ3v) is 5.31. The number of ether oxygens (including phenoxy) is 2. The number of nitrogens with one attached hydrogen (secondary N) is 2. The quantitative estimate of drug-likeness (QED) is 0.300. The molecule has 0 aromatic carbocycles. The van der Waals surface area contributed by atoms with E-state index in [1.807, 2.05) is 6.92 Å². The fraction of sp³-hybridized carbons (Fsp3) is 0.929. The fourth-order valence-corrected chi connectivity index (χ4v) is 3.71. The van der Waals surface area contributed by atoms with Crippen LogP contribution in [-0.2, 0) is 19.5 Å². The summed E-state index contributed by atoms with van der Waals surface area (Å²) in [5.74, 6) is 0.977. The van der Waals surface area contributed by atoms with Gasteiger partial charge in [-0.3, -0.25) is 4.99 Å². The van der Waals surface area contributed by atoms with Crippen LogP contribution in [0.4, 0.5) is 0 Å². The molecule has 0 saturated carbocycles. The summed E-state index contributed by atoms with van der Waals surface area (Å²) in [6, 6.07) is 0. The monoisotopic (exact) mass is 350 g/mol. The molecule has 0 spiro atoms. The highest BCUT2D eigenvalue weighted by Gasteiger charge is 2.27. The predicted octanol–water partition coefficient (Wildman–Crippen LogP) is -0.370. The third kappa shape index (κ3) is 8.50. The Balaban J connectivity index is 2.21. The van der Waals surface area contributed by atoms with E-state index in [2.05, 4.69) is 15.6 Å². The molecule has 8 nitrogen and oxygen atoms in total. The van der Waals surface area contributed by atoms with Gasteiger partial charge in [-0.2, -0.15) is 0 Å². The van der Waals surface area contributed by atoms with Crippen LogP contribution in [0, 0.1) is 0 Å². The molecule has 0 bridgehead atoms. The highest BCUT2D eigenvalue weighted by molar-refractivity contribution is 7.89. The molecule has 0 amide bonds. The SMILES string of the molecule is CCNC(=NCCCOCCOC)NCCN1CCCS1(=O)=O. The molecule has 0 radical (unpaired) electrons. The molecule has 1 fully saturated rings. The Labute approximate surface area is 139 Å². The van der Waals surface area contributed by atoms with Crippen LogP contribution >= 0.6 is 0 Å². The standard InChI is InChI=1S/C14H30N4O4S/c1-3-15-14(16-6-4-10-22-12-11-21-2)17-7-9-18-8-5-13-23(18,19)20/h3-13H2,1-2H3,(H2,15,16,17). The van der Waals surface area contributed by atoms with Gasteiger partial charge in [0.1, 0.15) is 0 Å². The first-order chi connectivity index (χ1) is 11.1. The fourth-order valence-electron chi connectivity index (χ4n) is 2.18. The summed E-state index contributed by atoms with van der Waals surface area (Å²) < 4.78 is 35.2. The molecular weight excluding hydrogens is 320 g/mol. The summed E-state index contributed by atoms with van der Waals surface area (Å²) in [5, 5.41) is 6.32. The topological polar surface area (TPSA) is 92.3 Å². The van der Waals surface area contributed by atoms with E-state index in [-0.39, 0.29) is 5.75 Å². The van der Waals surface area contributed by atoms with Gasteiger partial charge in [-0.15, -0.1) is 0 Å². The first-order valence-corrected chi connectivity index (χ1v) is 9.77. The van der Waals surface area contributed by atoms with Crippen LogP contribution in [0.3, 0.4) is 0 Å². The molecule has 0 unspecified atom stereocenters. The van der Waals surface area contributed by atoms with Crippen LogP contribution in [0.2, 0.25) is 0 Å². The zero-order valence-corrected chi connectivity index (χ0v) is 15.0. The largest absolute Gasteiger partial charge is 0.382 e. The molecule has 1 rings (SSSR count). The molecule has 1 aliphatic heterocycles. The number of methoxy groups -OCH3 is 1. The van der Waals surface area contributed by atoms with Crippen molar-refractivity contribution in [1.82, 2.24) is 14.9 Å². The van der Waals surface area contributed by atoms with Gasteiger partial charge in [-0.05, 0) is 19.8 Å². The van der Waals surface area contributed by atoms with E-state index in [1.54, 1.807) is 7.11 Å². The summed E-state index contributed by atoms with van der Waals surface area (Å²) in [5.41, 5.74) is 0. The highest BCUT2D eigenvalue weighted by atomic mass is 32.2. The number of hydrogen-bond acceptors (Lipinski definition) is 5. The number of nitrogens with zero attached hydrogens (tertiary/aromatic N) is 2. The van der Waals surface area contributed by atoms with Crippen molar-refractivity contribution < 1.29 is 17.9 Å². The lowest BCUT2D eigenvalue weighted by molar-refractivity contribution is 0.0702. The molecule has 1 aliphatic rings. The number of aliphatic imine (C=N–C) groups is 1. The molecule has 136 valence electrons. The summed E-state index contributed by atoms with van der Waals surface area (Å²) in [6.07, 6.45) is 1.56. The lowest BCUT2D eigenvalue weighted by Crippen LogP contribution is -2.42. The van der Waals surface area contributed by atoms with E-state index in [0.717, 1.165) is 19.4 Å². The summed E-state index contributed by atoms with van der Waals surface area (Å²) in [7, 11) is -1.37. The average molecular weight is 350 g/mol. The van der Waals surface area contributed by atoms with E-state index >= 15 is 0 Å². The highest BCUT2D eigenvalue weighted by Crippen LogP contribution is 2.11. The molecule has 0 atom stereocenters. The molecule has 2 N–H and O–H groups in total. The second kappa shape index (κ2) is 11.6. The van der Waals surface area contributed by atoms with Crippen molar-refractivity contribution >= 4 is 16.0 Å². The van der Waals surface area contributed by atoms with Gasteiger partial charge in [0.2, 0.25) is 10.0 Å². The third-order valence-electron chi connectivity index (χ3n) is 3.35. The van der Waals surface area contributed by atoms with Crippen LogP contribution in [0.15, 0.2) is 4.99 Å². The Morgan fingerprint density at radius 3 is 2.74 bits per heavy atom. The lowest BCUT2D eigenvalue weighted by atomic mass is 10.4. The summed E-state index contributed by atoms with van der Waals surface area (Å²) in [4.78, 5) is 4.45. The zero-order chi connectivity index (χ0) is 17.0. The molecule has 9 heteroatoms. The minimum atomic E-state index is -3.02. The van der Waals surface area contributed by atoms with E-state index < -0.39 is 10.0 Å². The van der Waals surface area contributed by atoms with Crippen LogP contribution in [0.1, 0.15) is 19.8 Å². The Hall–Kier alpha value is -0.900. The molecule has 1 heterocycles. The zero-order valence-electron chi connectivity index (χ0n) is 14.2. The van der Waals surface area contributed by atoms with Crippen molar-refractivity contribution in [3.63, 3.8) is 0 Å². The van der Waals surface area contributed by atoms with Crippen LogP contribution in [-0.4, -0.2) is 84.1 Å². The normalized spacial score (nSPS) is 18.3. The van der Waals surface area contributed by atoms with Crippen molar-refractivity contribution in [3.05, 3.63) is 0 Å². The smallest absolute Gasteiger partial charge is 0.214 e. The number of guanidine groups is 1. The maximum absolute atomic E-state index is 11.7. The molecular formula is C14H30N4O4S. The van der Waals surface area contributed by atoms with Gasteiger partial charge < -0.3 is 20.1 Å². The van der Waals surface area contributed by atoms with Gasteiger partial charge in [0, 0.05) is 46.4 Å². The second-order valence-corrected chi connectivity index (χ2v) is 7.30. The van der Waals surface area contributed by atoms with Gasteiger partial charge in [-0.25, -0.2) is 12.7 Å². The van der Waals surface area contributed by atoms with Crippen molar-refractivity contribution in [3.8, 4) is 0 Å². The number of hydrogen-bond donors (Lipinski definition) is 2. The molecule has 1 saturated heterocycles. The van der Waals surface area contributed by atoms with E-state index in [4.69, 9.17) is 9.47 Å². The number of rotatable bonds is 11. The van der Waals surface area contributed by atoms with Gasteiger partial charge in [0.15, 0.2) is 5.96 Å².